The predicted octanol–water partition coefficient (Wildman–Crippen LogP) is 12.6. The molecule has 8 aromatic carbocycles. The summed E-state index contributed by atoms with van der Waals surface area (Å²) in [5, 5.41) is 6.23. The van der Waals surface area contributed by atoms with Gasteiger partial charge in [-0.15, -0.1) is 0 Å². The Morgan fingerprint density at radius 3 is 1.45 bits per heavy atom. The molecular formula is C46H31N. The first kappa shape index (κ1) is 27.2. The van der Waals surface area contributed by atoms with Crippen molar-refractivity contribution < 1.29 is 0 Å². The Hall–Kier alpha value is -6.18. The third kappa shape index (κ3) is 4.81. The Kier molecular flexibility index (Phi) is 6.54. The molecule has 0 aliphatic heterocycles. The third-order valence-corrected chi connectivity index (χ3v) is 9.39. The quantitative estimate of drug-likeness (QED) is 0.186. The summed E-state index contributed by atoms with van der Waals surface area (Å²) >= 11 is 0. The van der Waals surface area contributed by atoms with E-state index < -0.39 is 0 Å². The molecule has 0 saturated heterocycles. The number of aromatic nitrogens is 1. The number of benzene rings is 8. The van der Waals surface area contributed by atoms with Crippen LogP contribution in [0.4, 0.5) is 0 Å². The zero-order chi connectivity index (χ0) is 31.2. The van der Waals surface area contributed by atoms with Crippen molar-refractivity contribution in [3.63, 3.8) is 0 Å². The van der Waals surface area contributed by atoms with Crippen molar-refractivity contribution in [3.8, 4) is 50.2 Å². The highest BCUT2D eigenvalue weighted by molar-refractivity contribution is 6.02. The largest absolute Gasteiger partial charge is 0.316 e. The molecule has 0 spiro atoms. The Bertz CT molecular complexity index is 2450. The molecule has 0 amide bonds. The second kappa shape index (κ2) is 11.3. The summed E-state index contributed by atoms with van der Waals surface area (Å²) in [6.07, 6.45) is 2.32. The molecule has 220 valence electrons. The van der Waals surface area contributed by atoms with E-state index in [-0.39, 0.29) is 0 Å². The second-order valence-electron chi connectivity index (χ2n) is 12.2. The fourth-order valence-electron chi connectivity index (χ4n) is 7.12. The summed E-state index contributed by atoms with van der Waals surface area (Å²) in [5.74, 6) is 0. The summed E-state index contributed by atoms with van der Waals surface area (Å²) in [7, 11) is 0. The van der Waals surface area contributed by atoms with Crippen molar-refractivity contribution in [1.29, 1.82) is 0 Å². The molecule has 0 saturated carbocycles. The third-order valence-electron chi connectivity index (χ3n) is 9.39. The molecular weight excluding hydrogens is 567 g/mol. The lowest BCUT2D eigenvalue weighted by atomic mass is 9.92. The topological polar surface area (TPSA) is 4.93 Å². The van der Waals surface area contributed by atoms with Crippen LogP contribution in [0.5, 0.6) is 0 Å². The molecule has 1 heterocycles. The van der Waals surface area contributed by atoms with Crippen LogP contribution in [0.2, 0.25) is 0 Å². The maximum atomic E-state index is 2.38. The van der Waals surface area contributed by atoms with E-state index in [1.807, 2.05) is 0 Å². The van der Waals surface area contributed by atoms with Gasteiger partial charge in [-0.1, -0.05) is 152 Å². The molecule has 0 bridgehead atoms. The van der Waals surface area contributed by atoms with Gasteiger partial charge in [0.15, 0.2) is 0 Å². The van der Waals surface area contributed by atoms with Gasteiger partial charge in [-0.05, 0) is 90.8 Å². The van der Waals surface area contributed by atoms with E-state index >= 15 is 0 Å². The highest BCUT2D eigenvalue weighted by atomic mass is 15.0. The molecule has 9 aromatic rings. The van der Waals surface area contributed by atoms with Crippen LogP contribution in [0.3, 0.4) is 0 Å². The maximum absolute atomic E-state index is 2.38. The van der Waals surface area contributed by atoms with Crippen molar-refractivity contribution in [3.05, 3.63) is 188 Å². The van der Waals surface area contributed by atoms with Crippen LogP contribution in [0.25, 0.3) is 82.6 Å². The van der Waals surface area contributed by atoms with Crippen LogP contribution < -0.4 is 0 Å². The number of hydrogen-bond donors (Lipinski definition) is 0. The van der Waals surface area contributed by atoms with Crippen molar-refractivity contribution in [2.24, 2.45) is 0 Å². The smallest absolute Gasteiger partial charge is 0.0535 e. The number of nitrogens with zero attached hydrogens (tertiary/aromatic N) is 1. The van der Waals surface area contributed by atoms with Crippen LogP contribution in [-0.2, 0) is 0 Å². The molecule has 0 radical (unpaired) electrons. The summed E-state index contributed by atoms with van der Waals surface area (Å²) in [5.41, 5.74) is 12.1. The van der Waals surface area contributed by atoms with Gasteiger partial charge >= 0.3 is 0 Å². The van der Waals surface area contributed by atoms with Gasteiger partial charge in [0.2, 0.25) is 0 Å². The minimum atomic E-state index is 1.14. The minimum absolute atomic E-state index is 1.14. The second-order valence-corrected chi connectivity index (χ2v) is 12.2. The van der Waals surface area contributed by atoms with Crippen molar-refractivity contribution >= 4 is 32.4 Å². The highest BCUT2D eigenvalue weighted by Gasteiger charge is 2.16. The summed E-state index contributed by atoms with van der Waals surface area (Å²) in [6, 6.07) is 66.0. The molecule has 1 nitrogen and oxygen atoms in total. The van der Waals surface area contributed by atoms with Gasteiger partial charge in [-0.25, -0.2) is 0 Å². The van der Waals surface area contributed by atoms with E-state index in [4.69, 9.17) is 0 Å². The van der Waals surface area contributed by atoms with Gasteiger partial charge in [0.1, 0.15) is 0 Å². The van der Waals surface area contributed by atoms with Crippen LogP contribution in [0.1, 0.15) is 0 Å². The van der Waals surface area contributed by atoms with Gasteiger partial charge in [0.25, 0.3) is 0 Å². The minimum Gasteiger partial charge on any atom is -0.316 e. The van der Waals surface area contributed by atoms with Gasteiger partial charge in [0, 0.05) is 22.8 Å². The van der Waals surface area contributed by atoms with E-state index in [1.165, 1.54) is 77.0 Å². The monoisotopic (exact) mass is 597 g/mol. The lowest BCUT2D eigenvalue weighted by Crippen LogP contribution is -1.95. The average Bonchev–Trinajstić information content (AvgIpc) is 3.54. The maximum Gasteiger partial charge on any atom is 0.0535 e. The fraction of sp³-hybridized carbons (Fsp3) is 0. The van der Waals surface area contributed by atoms with E-state index in [0.717, 1.165) is 5.69 Å². The molecule has 47 heavy (non-hydrogen) atoms. The zero-order valence-corrected chi connectivity index (χ0v) is 25.8. The normalized spacial score (nSPS) is 11.4. The predicted molar refractivity (Wildman–Crippen MR) is 200 cm³/mol. The molecule has 1 aromatic heterocycles. The van der Waals surface area contributed by atoms with Crippen LogP contribution in [0, 0.1) is 0 Å². The first-order valence-corrected chi connectivity index (χ1v) is 16.2. The SMILES string of the molecule is c1ccc(-c2ccc3c(c2)c(-c2ccccc2)cn3-c2cc(-c3cccc4ccccc34)cc(-c3cccc4ccccc34)c2)cc1. The van der Waals surface area contributed by atoms with Crippen LogP contribution >= 0.6 is 0 Å². The number of fused-ring (bicyclic) bond motifs is 3. The molecule has 0 atom stereocenters. The Labute approximate surface area is 274 Å². The molecule has 0 unspecified atom stereocenters. The van der Waals surface area contributed by atoms with Crippen molar-refractivity contribution in [1.82, 2.24) is 4.57 Å². The Balaban J connectivity index is 1.33. The number of rotatable bonds is 5. The van der Waals surface area contributed by atoms with Gasteiger partial charge in [0.05, 0.1) is 5.52 Å². The molecule has 0 fully saturated rings. The molecule has 1 heteroatoms. The standard InChI is InChI=1S/C46H31N/c1-3-13-32(14-4-1)36-25-26-46-44(30-36)45(35-15-5-2-6-16-35)31-47(46)39-28-37(42-23-11-19-33-17-7-9-21-40(33)42)27-38(29-39)43-24-12-20-34-18-8-10-22-41(34)43/h1-31H. The highest BCUT2D eigenvalue weighted by Crippen LogP contribution is 2.40. The average molecular weight is 598 g/mol. The zero-order valence-electron chi connectivity index (χ0n) is 25.8. The Morgan fingerprint density at radius 2 is 0.830 bits per heavy atom. The molecule has 0 aliphatic rings. The van der Waals surface area contributed by atoms with Gasteiger partial charge in [-0.3, -0.25) is 0 Å². The number of hydrogen-bond acceptors (Lipinski definition) is 0. The Morgan fingerprint density at radius 1 is 0.298 bits per heavy atom. The summed E-state index contributed by atoms with van der Waals surface area (Å²) in [6.45, 7) is 0. The van der Waals surface area contributed by atoms with Crippen molar-refractivity contribution in [2.75, 3.05) is 0 Å². The molecule has 0 N–H and O–H groups in total. The van der Waals surface area contributed by atoms with E-state index in [9.17, 15) is 0 Å². The van der Waals surface area contributed by atoms with E-state index in [2.05, 4.69) is 193 Å². The summed E-state index contributed by atoms with van der Waals surface area (Å²) in [4.78, 5) is 0. The van der Waals surface area contributed by atoms with E-state index in [0.29, 0.717) is 0 Å². The van der Waals surface area contributed by atoms with Gasteiger partial charge in [-0.2, -0.15) is 0 Å². The lowest BCUT2D eigenvalue weighted by molar-refractivity contribution is 1.13. The first-order chi connectivity index (χ1) is 23.3. The lowest BCUT2D eigenvalue weighted by Gasteiger charge is -2.15. The summed E-state index contributed by atoms with van der Waals surface area (Å²) < 4.78 is 2.38. The fourth-order valence-corrected chi connectivity index (χ4v) is 7.12. The van der Waals surface area contributed by atoms with Crippen LogP contribution in [-0.4, -0.2) is 4.57 Å². The first-order valence-electron chi connectivity index (χ1n) is 16.2. The van der Waals surface area contributed by atoms with Gasteiger partial charge < -0.3 is 4.57 Å². The van der Waals surface area contributed by atoms with E-state index in [1.54, 1.807) is 0 Å². The molecule has 0 aliphatic carbocycles. The van der Waals surface area contributed by atoms with Crippen molar-refractivity contribution in [2.45, 2.75) is 0 Å². The molecule has 9 rings (SSSR count). The van der Waals surface area contributed by atoms with Crippen LogP contribution in [0.15, 0.2) is 188 Å².